The third-order valence-electron chi connectivity index (χ3n) is 1.000. The summed E-state index contributed by atoms with van der Waals surface area (Å²) in [4.78, 5) is 7.14. The topological polar surface area (TPSA) is 20.2 Å². The monoisotopic (exact) mass is 138 g/mol. The van der Waals surface area contributed by atoms with Crippen molar-refractivity contribution < 1.29 is 4.80 Å². The Kier molecular flexibility index (Phi) is 14.8. The molecule has 1 rings (SSSR count). The summed E-state index contributed by atoms with van der Waals surface area (Å²) in [5, 5.41) is 0. The number of hydrogen-bond acceptors (Lipinski definition) is 1. The summed E-state index contributed by atoms with van der Waals surface area (Å²) in [6.45, 7) is 0. The Bertz CT molecular complexity index is 19.7. The van der Waals surface area contributed by atoms with E-state index in [2.05, 4.69) is 0 Å². The molecule has 0 amide bonds. The Morgan fingerprint density at radius 3 is 1.00 bits per heavy atom. The van der Waals surface area contributed by atoms with E-state index in [-0.39, 0.29) is 9.90 Å². The van der Waals surface area contributed by atoms with Gasteiger partial charge in [-0.05, 0) is 0 Å². The molecule has 1 saturated carbocycles. The quantitative estimate of drug-likeness (QED) is 0.365. The van der Waals surface area contributed by atoms with Crippen LogP contribution in [0.2, 0.25) is 0 Å². The Hall–Kier alpha value is 0.607. The van der Waals surface area contributed by atoms with Crippen molar-refractivity contribution in [3.05, 3.63) is 0 Å². The lowest BCUT2D eigenvalue weighted by Gasteiger charge is -2.05. The first kappa shape index (κ1) is 10.6. The minimum Gasteiger partial charge on any atom is -0.442 e. The van der Waals surface area contributed by atoms with E-state index in [1.165, 1.54) is 25.7 Å². The number of hydrogen-bond donors (Lipinski definition) is 1. The molecule has 3 heteroatoms. The van der Waals surface area contributed by atoms with Crippen molar-refractivity contribution in [1.29, 1.82) is 0 Å². The molecule has 0 saturated heterocycles. The molecule has 1 unspecified atom stereocenters. The smallest absolute Gasteiger partial charge is 0.141 e. The van der Waals surface area contributed by atoms with Gasteiger partial charge in [0.1, 0.15) is 10.5 Å². The molecule has 1 aliphatic rings. The van der Waals surface area contributed by atoms with Gasteiger partial charge in [0, 0.05) is 0 Å². The lowest BCUT2D eigenvalue weighted by atomic mass is 10.0. The lowest BCUT2D eigenvalue weighted by Crippen LogP contribution is -1.85. The highest BCUT2D eigenvalue weighted by Crippen LogP contribution is 2.15. The van der Waals surface area contributed by atoms with E-state index in [4.69, 9.17) is 4.80 Å². The molecule has 1 fully saturated rings. The van der Waals surface area contributed by atoms with Crippen molar-refractivity contribution in [3.63, 3.8) is 0 Å². The van der Waals surface area contributed by atoms with Crippen LogP contribution in [0.5, 0.6) is 0 Å². The van der Waals surface area contributed by atoms with Gasteiger partial charge in [0.25, 0.3) is 0 Å². The van der Waals surface area contributed by atoms with Crippen LogP contribution in [0.1, 0.15) is 25.7 Å². The van der Waals surface area contributed by atoms with Gasteiger partial charge in [-0.3, -0.25) is 0 Å². The minimum atomic E-state index is 0. The standard InChI is InChI=1S/C4H8.H4OSi.H3P/c1-2-4-3-1;1-2;/h1-4H2;1H,2H3;1H3. The van der Waals surface area contributed by atoms with Gasteiger partial charge in [0.15, 0.2) is 0 Å². The minimum absolute atomic E-state index is 0. The average Bonchev–Trinajstić information content (AvgIpc) is 1.36. The summed E-state index contributed by atoms with van der Waals surface area (Å²) in [6.07, 6.45) is 6.00. The summed E-state index contributed by atoms with van der Waals surface area (Å²) in [5.74, 6) is 0. The van der Waals surface area contributed by atoms with E-state index >= 15 is 0 Å². The predicted octanol–water partition coefficient (Wildman–Crippen LogP) is -0.122. The zero-order valence-electron chi connectivity index (χ0n) is 4.98. The summed E-state index contributed by atoms with van der Waals surface area (Å²) in [7, 11) is 0.306. The molecule has 0 aliphatic heterocycles. The van der Waals surface area contributed by atoms with Crippen LogP contribution in [0.4, 0.5) is 0 Å². The van der Waals surface area contributed by atoms with Gasteiger partial charge in [0.05, 0.1) is 0 Å². The van der Waals surface area contributed by atoms with Gasteiger partial charge in [-0.15, -0.1) is 0 Å². The first-order valence-corrected chi connectivity index (χ1v) is 3.34. The van der Waals surface area contributed by atoms with Crippen molar-refractivity contribution in [2.75, 3.05) is 0 Å². The van der Waals surface area contributed by atoms with E-state index in [1.807, 2.05) is 0 Å². The van der Waals surface area contributed by atoms with E-state index in [0.717, 1.165) is 0 Å². The molecule has 0 bridgehead atoms. The fraction of sp³-hybridized carbons (Fsp3) is 1.00. The van der Waals surface area contributed by atoms with Crippen molar-refractivity contribution in [2.24, 2.45) is 0 Å². The van der Waals surface area contributed by atoms with Crippen molar-refractivity contribution >= 4 is 20.4 Å². The second kappa shape index (κ2) is 9.79. The van der Waals surface area contributed by atoms with Gasteiger partial charge in [-0.2, -0.15) is 9.90 Å². The fourth-order valence-electron chi connectivity index (χ4n) is 0.250. The van der Waals surface area contributed by atoms with Crippen molar-refractivity contribution in [2.45, 2.75) is 25.7 Å². The molecule has 1 nitrogen and oxygen atoms in total. The molecule has 0 aromatic rings. The normalized spacial score (nSPS) is 15.0. The van der Waals surface area contributed by atoms with Gasteiger partial charge < -0.3 is 4.80 Å². The zero-order valence-corrected chi connectivity index (χ0v) is 8.40. The highest BCUT2D eigenvalue weighted by molar-refractivity contribution is 6.92. The molecule has 0 radical (unpaired) electrons. The predicted molar refractivity (Wildman–Crippen MR) is 41.7 cm³/mol. The van der Waals surface area contributed by atoms with Crippen LogP contribution in [-0.4, -0.2) is 15.3 Å². The van der Waals surface area contributed by atoms with Gasteiger partial charge >= 0.3 is 0 Å². The molecule has 7 heavy (non-hydrogen) atoms. The van der Waals surface area contributed by atoms with Crippen LogP contribution >= 0.6 is 9.90 Å². The van der Waals surface area contributed by atoms with Crippen LogP contribution in [0.25, 0.3) is 0 Å². The van der Waals surface area contributed by atoms with Crippen LogP contribution in [-0.2, 0) is 0 Å². The largest absolute Gasteiger partial charge is 0.442 e. The van der Waals surface area contributed by atoms with Crippen LogP contribution in [0.15, 0.2) is 0 Å². The maximum absolute atomic E-state index is 7.14. The van der Waals surface area contributed by atoms with Crippen LogP contribution < -0.4 is 0 Å². The maximum Gasteiger partial charge on any atom is 0.141 e. The van der Waals surface area contributed by atoms with E-state index in [1.54, 1.807) is 0 Å². The first-order valence-electron chi connectivity index (χ1n) is 2.45. The van der Waals surface area contributed by atoms with Crippen molar-refractivity contribution in [3.8, 4) is 0 Å². The zero-order chi connectivity index (χ0) is 4.83. The molecular weight excluding hydrogens is 123 g/mol. The average molecular weight is 138 g/mol. The SMILES string of the molecule is C1CCC1.O[SiH3].P. The third-order valence-corrected chi connectivity index (χ3v) is 1.000. The summed E-state index contributed by atoms with van der Waals surface area (Å²) < 4.78 is 0. The highest BCUT2D eigenvalue weighted by Gasteiger charge is 1.95. The Balaban J connectivity index is 0. The van der Waals surface area contributed by atoms with Crippen LogP contribution in [0.3, 0.4) is 0 Å². The van der Waals surface area contributed by atoms with E-state index in [0.29, 0.717) is 10.5 Å². The Morgan fingerprint density at radius 2 is 1.00 bits per heavy atom. The van der Waals surface area contributed by atoms with Crippen LogP contribution in [0, 0.1) is 0 Å². The second-order valence-electron chi connectivity index (χ2n) is 1.41. The maximum atomic E-state index is 7.14. The highest BCUT2D eigenvalue weighted by atomic mass is 31.0. The lowest BCUT2D eigenvalue weighted by molar-refractivity contribution is 0.504. The molecule has 0 aromatic carbocycles. The summed E-state index contributed by atoms with van der Waals surface area (Å²) in [5.41, 5.74) is 0. The molecular formula is C4H15OPSi. The van der Waals surface area contributed by atoms with Gasteiger partial charge in [-0.25, -0.2) is 0 Å². The molecule has 1 N–H and O–H groups in total. The van der Waals surface area contributed by atoms with E-state index < -0.39 is 0 Å². The van der Waals surface area contributed by atoms with Gasteiger partial charge in [0.2, 0.25) is 0 Å². The Morgan fingerprint density at radius 1 is 0.857 bits per heavy atom. The van der Waals surface area contributed by atoms with E-state index in [9.17, 15) is 0 Å². The van der Waals surface area contributed by atoms with Gasteiger partial charge in [-0.1, -0.05) is 25.7 Å². The summed E-state index contributed by atoms with van der Waals surface area (Å²) >= 11 is 0. The number of rotatable bonds is 0. The second-order valence-corrected chi connectivity index (χ2v) is 1.41. The Labute approximate surface area is 51.7 Å². The molecule has 46 valence electrons. The first-order chi connectivity index (χ1) is 3.00. The molecule has 1 aliphatic carbocycles. The van der Waals surface area contributed by atoms with Crippen molar-refractivity contribution in [1.82, 2.24) is 0 Å². The molecule has 1 atom stereocenters. The molecule has 0 spiro atoms. The molecule has 0 heterocycles. The third kappa shape index (κ3) is 6.61. The molecule has 0 aromatic heterocycles. The summed E-state index contributed by atoms with van der Waals surface area (Å²) in [6, 6.07) is 0. The fourth-order valence-corrected chi connectivity index (χ4v) is 0.250.